The van der Waals surface area contributed by atoms with Gasteiger partial charge in [0.15, 0.2) is 0 Å². The number of nitrogens with zero attached hydrogens (tertiary/aromatic N) is 2. The molecule has 1 fully saturated rings. The number of para-hydroxylation sites is 1. The van der Waals surface area contributed by atoms with Crippen molar-refractivity contribution < 1.29 is 9.59 Å². The average Bonchev–Trinajstić information content (AvgIpc) is 3.02. The number of imide groups is 1. The molecule has 5 heteroatoms. The zero-order chi connectivity index (χ0) is 14.1. The van der Waals surface area contributed by atoms with E-state index < -0.39 is 0 Å². The summed E-state index contributed by atoms with van der Waals surface area (Å²) >= 11 is 0.971. The summed E-state index contributed by atoms with van der Waals surface area (Å²) in [5.74, 6) is -0.243. The fourth-order valence-electron chi connectivity index (χ4n) is 1.96. The zero-order valence-corrected chi connectivity index (χ0v) is 11.6. The summed E-state index contributed by atoms with van der Waals surface area (Å²) < 4.78 is 1.97. The van der Waals surface area contributed by atoms with E-state index in [9.17, 15) is 9.59 Å². The number of thioether (sulfide) groups is 1. The molecule has 0 bridgehead atoms. The lowest BCUT2D eigenvalue weighted by atomic mass is 10.3. The molecule has 0 spiro atoms. The van der Waals surface area contributed by atoms with Gasteiger partial charge in [0.1, 0.15) is 0 Å². The van der Waals surface area contributed by atoms with Crippen LogP contribution in [-0.4, -0.2) is 27.7 Å². The Morgan fingerprint density at radius 1 is 1.10 bits per heavy atom. The van der Waals surface area contributed by atoms with E-state index in [1.807, 2.05) is 53.4 Å². The second-order valence-electron chi connectivity index (χ2n) is 4.43. The standard InChI is InChI=1S/C15H12N2O2S/c1-16-14(18)13(20-15(16)19)9-11-7-8-17(10-11)12-5-3-2-4-6-12/h2-10H,1H3/b13-9-. The second kappa shape index (κ2) is 5.02. The minimum atomic E-state index is -0.243. The highest BCUT2D eigenvalue weighted by atomic mass is 32.2. The maximum atomic E-state index is 11.8. The minimum absolute atomic E-state index is 0.233. The van der Waals surface area contributed by atoms with Crippen LogP contribution in [0, 0.1) is 0 Å². The number of carbonyl (C=O) groups is 2. The summed E-state index contributed by atoms with van der Waals surface area (Å²) in [4.78, 5) is 24.8. The highest BCUT2D eigenvalue weighted by Gasteiger charge is 2.31. The molecule has 3 rings (SSSR count). The molecule has 4 nitrogen and oxygen atoms in total. The number of amides is 2. The summed E-state index contributed by atoms with van der Waals surface area (Å²) in [6, 6.07) is 11.8. The third kappa shape index (κ3) is 2.28. The minimum Gasteiger partial charge on any atom is -0.323 e. The van der Waals surface area contributed by atoms with Crippen molar-refractivity contribution in [1.82, 2.24) is 9.47 Å². The van der Waals surface area contributed by atoms with Crippen molar-refractivity contribution in [2.24, 2.45) is 0 Å². The molecular formula is C15H12N2O2S. The first kappa shape index (κ1) is 12.7. The summed E-state index contributed by atoms with van der Waals surface area (Å²) in [7, 11) is 1.49. The van der Waals surface area contributed by atoms with Crippen molar-refractivity contribution in [3.8, 4) is 5.69 Å². The van der Waals surface area contributed by atoms with Crippen LogP contribution in [0.15, 0.2) is 53.7 Å². The van der Waals surface area contributed by atoms with E-state index in [0.29, 0.717) is 4.91 Å². The molecule has 0 unspecified atom stereocenters. The van der Waals surface area contributed by atoms with E-state index in [4.69, 9.17) is 0 Å². The third-order valence-electron chi connectivity index (χ3n) is 3.05. The van der Waals surface area contributed by atoms with Gasteiger partial charge >= 0.3 is 0 Å². The van der Waals surface area contributed by atoms with Crippen LogP contribution in [0.3, 0.4) is 0 Å². The van der Waals surface area contributed by atoms with Gasteiger partial charge < -0.3 is 4.57 Å². The lowest BCUT2D eigenvalue weighted by Gasteiger charge is -2.01. The van der Waals surface area contributed by atoms with Crippen molar-refractivity contribution >= 4 is 29.0 Å². The van der Waals surface area contributed by atoms with Crippen molar-refractivity contribution in [2.45, 2.75) is 0 Å². The lowest BCUT2D eigenvalue weighted by molar-refractivity contribution is -0.121. The second-order valence-corrected chi connectivity index (χ2v) is 5.42. The molecule has 0 atom stereocenters. The van der Waals surface area contributed by atoms with Gasteiger partial charge in [-0.1, -0.05) is 18.2 Å². The van der Waals surface area contributed by atoms with Crippen molar-refractivity contribution in [3.63, 3.8) is 0 Å². The summed E-state index contributed by atoms with van der Waals surface area (Å²) in [5.41, 5.74) is 1.95. The smallest absolute Gasteiger partial charge is 0.293 e. The Morgan fingerprint density at radius 2 is 1.85 bits per heavy atom. The molecular weight excluding hydrogens is 272 g/mol. The quantitative estimate of drug-likeness (QED) is 0.796. The molecule has 1 saturated heterocycles. The fourth-order valence-corrected chi connectivity index (χ4v) is 2.78. The van der Waals surface area contributed by atoms with Crippen molar-refractivity contribution in [3.05, 3.63) is 59.3 Å². The van der Waals surface area contributed by atoms with Gasteiger partial charge in [0, 0.05) is 25.1 Å². The van der Waals surface area contributed by atoms with E-state index in [1.165, 1.54) is 7.05 Å². The molecule has 2 amide bonds. The van der Waals surface area contributed by atoms with Crippen molar-refractivity contribution in [1.29, 1.82) is 0 Å². The van der Waals surface area contributed by atoms with E-state index in [-0.39, 0.29) is 11.1 Å². The zero-order valence-electron chi connectivity index (χ0n) is 10.8. The molecule has 0 saturated carbocycles. The highest BCUT2D eigenvalue weighted by molar-refractivity contribution is 8.18. The fraction of sp³-hybridized carbons (Fsp3) is 0.0667. The molecule has 1 aliphatic heterocycles. The van der Waals surface area contributed by atoms with E-state index >= 15 is 0 Å². The number of likely N-dealkylation sites (N-methyl/N-ethyl adjacent to an activating group) is 1. The molecule has 0 N–H and O–H groups in total. The molecule has 0 radical (unpaired) electrons. The molecule has 1 aliphatic rings. The molecule has 2 aromatic rings. The number of hydrogen-bond donors (Lipinski definition) is 0. The summed E-state index contributed by atoms with van der Waals surface area (Å²) in [5, 5.41) is -0.233. The number of aromatic nitrogens is 1. The Hall–Kier alpha value is -2.27. The van der Waals surface area contributed by atoms with E-state index in [0.717, 1.165) is 27.9 Å². The first-order valence-electron chi connectivity index (χ1n) is 6.10. The third-order valence-corrected chi connectivity index (χ3v) is 4.02. The topological polar surface area (TPSA) is 42.3 Å². The average molecular weight is 284 g/mol. The Kier molecular flexibility index (Phi) is 3.20. The van der Waals surface area contributed by atoms with Crippen molar-refractivity contribution in [2.75, 3.05) is 7.05 Å². The summed E-state index contributed by atoms with van der Waals surface area (Å²) in [6.07, 6.45) is 5.60. The van der Waals surface area contributed by atoms with Crippen LogP contribution in [0.5, 0.6) is 0 Å². The number of rotatable bonds is 2. The van der Waals surface area contributed by atoms with Crippen LogP contribution in [0.25, 0.3) is 11.8 Å². The van der Waals surface area contributed by atoms with E-state index in [2.05, 4.69) is 0 Å². The van der Waals surface area contributed by atoms with Crippen LogP contribution in [0.1, 0.15) is 5.56 Å². The number of hydrogen-bond acceptors (Lipinski definition) is 3. The lowest BCUT2D eigenvalue weighted by Crippen LogP contribution is -2.22. The molecule has 100 valence electrons. The maximum absolute atomic E-state index is 11.8. The monoisotopic (exact) mass is 284 g/mol. The van der Waals surface area contributed by atoms with E-state index in [1.54, 1.807) is 6.08 Å². The SMILES string of the molecule is CN1C(=O)S/C(=C\c2ccn(-c3ccccc3)c2)C1=O. The van der Waals surface area contributed by atoms with Gasteiger partial charge in [-0.05, 0) is 41.6 Å². The first-order chi connectivity index (χ1) is 9.65. The molecule has 0 aliphatic carbocycles. The Balaban J connectivity index is 1.89. The van der Waals surface area contributed by atoms with Gasteiger partial charge in [0.2, 0.25) is 0 Å². The van der Waals surface area contributed by atoms with Crippen LogP contribution >= 0.6 is 11.8 Å². The van der Waals surface area contributed by atoms with Crippen LogP contribution in [0.2, 0.25) is 0 Å². The van der Waals surface area contributed by atoms with Gasteiger partial charge in [-0.2, -0.15) is 0 Å². The number of benzene rings is 1. The molecule has 2 heterocycles. The Bertz CT molecular complexity index is 704. The summed E-state index contributed by atoms with van der Waals surface area (Å²) in [6.45, 7) is 0. The maximum Gasteiger partial charge on any atom is 0.293 e. The van der Waals surface area contributed by atoms with Gasteiger partial charge in [-0.15, -0.1) is 0 Å². The van der Waals surface area contributed by atoms with Gasteiger partial charge in [-0.3, -0.25) is 14.5 Å². The predicted octanol–water partition coefficient (Wildman–Crippen LogP) is 3.14. The van der Waals surface area contributed by atoms with Crippen LogP contribution in [0.4, 0.5) is 4.79 Å². The molecule has 1 aromatic heterocycles. The predicted molar refractivity (Wildman–Crippen MR) is 79.5 cm³/mol. The van der Waals surface area contributed by atoms with Gasteiger partial charge in [-0.25, -0.2) is 0 Å². The first-order valence-corrected chi connectivity index (χ1v) is 6.92. The molecule has 20 heavy (non-hydrogen) atoms. The Labute approximate surface area is 120 Å². The van der Waals surface area contributed by atoms with Gasteiger partial charge in [0.05, 0.1) is 4.91 Å². The molecule has 1 aromatic carbocycles. The number of carbonyl (C=O) groups excluding carboxylic acids is 2. The van der Waals surface area contributed by atoms with Crippen LogP contribution < -0.4 is 0 Å². The van der Waals surface area contributed by atoms with Crippen LogP contribution in [-0.2, 0) is 4.79 Å². The van der Waals surface area contributed by atoms with Gasteiger partial charge in [0.25, 0.3) is 11.1 Å². The largest absolute Gasteiger partial charge is 0.323 e. The highest BCUT2D eigenvalue weighted by Crippen LogP contribution is 2.31. The normalized spacial score (nSPS) is 17.2. The Morgan fingerprint density at radius 3 is 2.50 bits per heavy atom.